The number of hydrogen-bond acceptors (Lipinski definition) is 9. The Kier molecular flexibility index (Phi) is 5.55. The number of benzene rings is 1. The number of nitrogens with zero attached hydrogens (tertiary/aromatic N) is 4. The molecule has 5 rings (SSSR count). The van der Waals surface area contributed by atoms with Crippen LogP contribution in [-0.4, -0.2) is 35.9 Å². The predicted molar refractivity (Wildman–Crippen MR) is 123 cm³/mol. The van der Waals surface area contributed by atoms with E-state index in [0.717, 1.165) is 11.8 Å². The summed E-state index contributed by atoms with van der Waals surface area (Å²) >= 11 is 0.989. The molecule has 2 aliphatic rings. The number of amidine groups is 1. The van der Waals surface area contributed by atoms with E-state index in [2.05, 4.69) is 19.9 Å². The van der Waals surface area contributed by atoms with Gasteiger partial charge in [0, 0.05) is 11.5 Å². The zero-order valence-corrected chi connectivity index (χ0v) is 19.1. The van der Waals surface area contributed by atoms with Crippen LogP contribution >= 0.6 is 11.8 Å². The van der Waals surface area contributed by atoms with Crippen LogP contribution in [0.4, 0.5) is 8.78 Å². The van der Waals surface area contributed by atoms with Crippen LogP contribution in [0.15, 0.2) is 52.5 Å². The lowest BCUT2D eigenvalue weighted by atomic mass is 9.85. The molecular weight excluding hydrogens is 480 g/mol. The molecule has 12 heteroatoms. The van der Waals surface area contributed by atoms with Gasteiger partial charge in [-0.2, -0.15) is 0 Å². The Bertz CT molecular complexity index is 1350. The first-order valence-corrected chi connectivity index (χ1v) is 11.3. The number of carbonyl (C=O) groups is 1. The van der Waals surface area contributed by atoms with Crippen LogP contribution in [0.2, 0.25) is 0 Å². The van der Waals surface area contributed by atoms with Gasteiger partial charge in [-0.1, -0.05) is 17.8 Å². The number of carboxylic acid groups (broad SMARTS) is 1. The Labute approximate surface area is 202 Å². The number of aliphatic imine (C=N–C) groups is 1. The molecular formula is C23H19F2N5O4S. The van der Waals surface area contributed by atoms with Gasteiger partial charge in [-0.3, -0.25) is 9.79 Å². The summed E-state index contributed by atoms with van der Waals surface area (Å²) in [5.74, 6) is -2.21. The first-order valence-electron chi connectivity index (χ1n) is 10.5. The minimum Gasteiger partial charge on any atom is -0.480 e. The molecule has 3 heterocycles. The first-order chi connectivity index (χ1) is 16.7. The highest BCUT2D eigenvalue weighted by Crippen LogP contribution is 2.66. The zero-order chi connectivity index (χ0) is 24.8. The molecule has 35 heavy (non-hydrogen) atoms. The molecule has 1 saturated carbocycles. The Morgan fingerprint density at radius 2 is 2.20 bits per heavy atom. The van der Waals surface area contributed by atoms with E-state index in [9.17, 15) is 18.7 Å². The molecule has 1 aromatic carbocycles. The third kappa shape index (κ3) is 4.14. The standard InChI is InChI=1S/C23H19F2N5O4S/c1-22(17-8-23(17,20(31)32)35-21(26)30-22)13-6-12(2-3-14(13)24)7-15(25)16-9-29-18(10-28-16)34-11-19-27-4-5-33-19/h2-7,9-10,17H,8,11H2,1H3,(H2,26,30)(H,31,32). The monoisotopic (exact) mass is 499 g/mol. The average molecular weight is 499 g/mol. The normalized spacial score (nSPS) is 25.5. The van der Waals surface area contributed by atoms with Gasteiger partial charge in [0.1, 0.15) is 22.5 Å². The predicted octanol–water partition coefficient (Wildman–Crippen LogP) is 3.77. The largest absolute Gasteiger partial charge is 0.480 e. The summed E-state index contributed by atoms with van der Waals surface area (Å²) in [5.41, 5.74) is 5.17. The van der Waals surface area contributed by atoms with Crippen molar-refractivity contribution in [3.05, 3.63) is 71.6 Å². The van der Waals surface area contributed by atoms with Gasteiger partial charge in [0.25, 0.3) is 0 Å². The van der Waals surface area contributed by atoms with Crippen LogP contribution in [0.1, 0.15) is 36.1 Å². The number of halogens is 2. The Hall–Kier alpha value is -3.80. The average Bonchev–Trinajstić information content (AvgIpc) is 3.36. The summed E-state index contributed by atoms with van der Waals surface area (Å²) in [6.07, 6.45) is 6.86. The Morgan fingerprint density at radius 3 is 2.89 bits per heavy atom. The van der Waals surface area contributed by atoms with E-state index >= 15 is 0 Å². The SMILES string of the molecule is CC1(c2cc(C=C(F)c3cnc(OCc4ncco4)cn3)ccc2F)N=C(N)SC2(C(=O)O)CC21. The van der Waals surface area contributed by atoms with E-state index in [0.29, 0.717) is 17.9 Å². The maximum atomic E-state index is 14.9. The molecule has 9 nitrogen and oxygen atoms in total. The van der Waals surface area contributed by atoms with Crippen molar-refractivity contribution in [2.75, 3.05) is 0 Å². The van der Waals surface area contributed by atoms with Crippen molar-refractivity contribution < 1.29 is 27.8 Å². The van der Waals surface area contributed by atoms with Crippen molar-refractivity contribution in [3.63, 3.8) is 0 Å². The molecule has 0 radical (unpaired) electrons. The number of oxazole rings is 1. The second-order valence-corrected chi connectivity index (χ2v) is 9.69. The molecule has 3 atom stereocenters. The maximum absolute atomic E-state index is 14.9. The van der Waals surface area contributed by atoms with Crippen molar-refractivity contribution in [2.24, 2.45) is 16.6 Å². The smallest absolute Gasteiger partial charge is 0.320 e. The van der Waals surface area contributed by atoms with Gasteiger partial charge in [0.2, 0.25) is 11.8 Å². The Morgan fingerprint density at radius 1 is 1.37 bits per heavy atom. The summed E-state index contributed by atoms with van der Waals surface area (Å²) in [5, 5.41) is 9.77. The fourth-order valence-electron chi connectivity index (χ4n) is 4.27. The van der Waals surface area contributed by atoms with Gasteiger partial charge in [-0.25, -0.2) is 23.7 Å². The summed E-state index contributed by atoms with van der Waals surface area (Å²) in [4.78, 5) is 28.2. The fourth-order valence-corrected chi connectivity index (χ4v) is 5.59. The van der Waals surface area contributed by atoms with E-state index < -0.39 is 33.8 Å². The number of thioether (sulfide) groups is 1. The van der Waals surface area contributed by atoms with Gasteiger partial charge >= 0.3 is 5.97 Å². The number of aliphatic carboxylic acids is 1. The summed E-state index contributed by atoms with van der Waals surface area (Å²) in [6.45, 7) is 1.70. The number of nitrogens with two attached hydrogens (primary N) is 1. The Balaban J connectivity index is 1.38. The number of aromatic nitrogens is 3. The number of rotatable bonds is 7. The third-order valence-corrected chi connectivity index (χ3v) is 7.40. The molecule has 1 aliphatic heterocycles. The molecule has 0 spiro atoms. The maximum Gasteiger partial charge on any atom is 0.320 e. The van der Waals surface area contributed by atoms with Gasteiger partial charge < -0.3 is 20.0 Å². The zero-order valence-electron chi connectivity index (χ0n) is 18.3. The van der Waals surface area contributed by atoms with Crippen LogP contribution in [0.3, 0.4) is 0 Å². The topological polar surface area (TPSA) is 137 Å². The molecule has 3 N–H and O–H groups in total. The second kappa shape index (κ2) is 8.45. The number of carboxylic acids is 1. The van der Waals surface area contributed by atoms with Gasteiger partial charge in [0.05, 0.1) is 24.1 Å². The van der Waals surface area contributed by atoms with Crippen molar-refractivity contribution in [1.82, 2.24) is 15.0 Å². The van der Waals surface area contributed by atoms with E-state index in [4.69, 9.17) is 14.9 Å². The number of fused-ring (bicyclic) bond motifs is 1. The fraction of sp³-hybridized carbons (Fsp3) is 0.261. The number of hydrogen-bond donors (Lipinski definition) is 2. The quantitative estimate of drug-likeness (QED) is 0.498. The van der Waals surface area contributed by atoms with Gasteiger partial charge in [-0.05, 0) is 37.1 Å². The highest BCUT2D eigenvalue weighted by molar-refractivity contribution is 8.15. The lowest BCUT2D eigenvalue weighted by molar-refractivity contribution is -0.137. The first kappa shape index (κ1) is 23.0. The summed E-state index contributed by atoms with van der Waals surface area (Å²) < 4.78 is 39.1. The van der Waals surface area contributed by atoms with E-state index in [-0.39, 0.29) is 28.9 Å². The van der Waals surface area contributed by atoms with Crippen LogP contribution in [0.25, 0.3) is 11.9 Å². The second-order valence-electron chi connectivity index (χ2n) is 8.34. The molecule has 0 bridgehead atoms. The molecule has 1 fully saturated rings. The highest BCUT2D eigenvalue weighted by atomic mass is 32.2. The number of ether oxygens (including phenoxy) is 1. The molecule has 180 valence electrons. The lowest BCUT2D eigenvalue weighted by Gasteiger charge is -2.33. The van der Waals surface area contributed by atoms with Gasteiger partial charge in [0.15, 0.2) is 17.6 Å². The minimum atomic E-state index is -1.19. The molecule has 0 saturated heterocycles. The van der Waals surface area contributed by atoms with Gasteiger partial charge in [-0.15, -0.1) is 0 Å². The van der Waals surface area contributed by atoms with E-state index in [1.165, 1.54) is 49.1 Å². The molecule has 2 aromatic heterocycles. The highest BCUT2D eigenvalue weighted by Gasteiger charge is 2.71. The van der Waals surface area contributed by atoms with Crippen molar-refractivity contribution in [3.8, 4) is 5.88 Å². The molecule has 3 aromatic rings. The van der Waals surface area contributed by atoms with Crippen LogP contribution < -0.4 is 10.5 Å². The molecule has 0 amide bonds. The van der Waals surface area contributed by atoms with E-state index in [1.807, 2.05) is 0 Å². The third-order valence-electron chi connectivity index (χ3n) is 6.11. The van der Waals surface area contributed by atoms with Crippen molar-refractivity contribution in [2.45, 2.75) is 30.2 Å². The summed E-state index contributed by atoms with van der Waals surface area (Å²) in [6, 6.07) is 4.06. The van der Waals surface area contributed by atoms with Crippen LogP contribution in [0, 0.1) is 11.7 Å². The van der Waals surface area contributed by atoms with Crippen molar-refractivity contribution in [1.29, 1.82) is 0 Å². The van der Waals surface area contributed by atoms with Crippen molar-refractivity contribution >= 4 is 34.8 Å². The lowest BCUT2D eigenvalue weighted by Crippen LogP contribution is -2.39. The van der Waals surface area contributed by atoms with Crippen LogP contribution in [-0.2, 0) is 16.9 Å². The van der Waals surface area contributed by atoms with Crippen LogP contribution in [0.5, 0.6) is 5.88 Å². The summed E-state index contributed by atoms with van der Waals surface area (Å²) in [7, 11) is 0. The van der Waals surface area contributed by atoms with E-state index in [1.54, 1.807) is 6.92 Å². The minimum absolute atomic E-state index is 0.0472. The molecule has 1 aliphatic carbocycles. The molecule has 3 unspecified atom stereocenters.